The number of carboxylic acid groups (broad SMARTS) is 2. The SMILES string of the molecule is C=C1C[C@H]2C(O)N(C(=O)OCc3ccc(O[C@@H]4O[C@H](C(=O)O)[C@@H](O)[C@H](O)[C@H]4O)c(C(=O)NCCOC)c3)c3cc(OCCC(CCOc4cc5c(cc4OC)C(=O)N4CC(=C)C[C@H]4C(O)N5C(=O)OCc4ccc(O[C@@H]5O[C@H](C(=O)O)[C@@H](O)[C@H](O)[C@H]5O)c(C(=O)NCCOC)c4)NC(=O)COCCOCCOCCN=[N+]=[N-])c(OC)cc3C(=O)N2C1. The average molecular weight is 1710 g/mol. The number of carbonyl (C=O) groups is 9. The van der Waals surface area contributed by atoms with E-state index in [4.69, 9.17) is 76.6 Å². The maximum atomic E-state index is 14.8. The Hall–Kier alpha value is -11.3. The van der Waals surface area contributed by atoms with Crippen molar-refractivity contribution in [3.63, 3.8) is 0 Å². The lowest BCUT2D eigenvalue weighted by molar-refractivity contribution is -0.271. The molecule has 6 heterocycles. The molecular formula is C77H96N10O34. The summed E-state index contributed by atoms with van der Waals surface area (Å²) in [5, 5.41) is 119. The van der Waals surface area contributed by atoms with Gasteiger partial charge in [-0.1, -0.05) is 41.6 Å². The largest absolute Gasteiger partial charge is 0.493 e. The van der Waals surface area contributed by atoms with Crippen LogP contribution in [0.2, 0.25) is 0 Å². The highest BCUT2D eigenvalue weighted by atomic mass is 16.7. The molecule has 0 radical (unpaired) electrons. The van der Waals surface area contributed by atoms with E-state index in [2.05, 4.69) is 39.1 Å². The maximum absolute atomic E-state index is 14.8. The Morgan fingerprint density at radius 3 is 1.36 bits per heavy atom. The second-order valence-electron chi connectivity index (χ2n) is 28.3. The first-order valence-electron chi connectivity index (χ1n) is 38.0. The van der Waals surface area contributed by atoms with Crippen LogP contribution in [0.4, 0.5) is 21.0 Å². The summed E-state index contributed by atoms with van der Waals surface area (Å²) < 4.78 is 84.8. The second-order valence-corrected chi connectivity index (χ2v) is 28.3. The summed E-state index contributed by atoms with van der Waals surface area (Å²) >= 11 is 0. The van der Waals surface area contributed by atoms with Crippen LogP contribution >= 0.6 is 0 Å². The highest BCUT2D eigenvalue weighted by Crippen LogP contribution is 2.45. The molecule has 0 aromatic heterocycles. The summed E-state index contributed by atoms with van der Waals surface area (Å²) in [6, 6.07) is 9.61. The molecule has 658 valence electrons. The van der Waals surface area contributed by atoms with E-state index in [1.165, 1.54) is 98.9 Å². The highest BCUT2D eigenvalue weighted by Gasteiger charge is 2.52. The number of rotatable bonds is 40. The molecule has 44 heteroatoms. The van der Waals surface area contributed by atoms with Crippen LogP contribution in [-0.4, -0.2) is 334 Å². The number of aliphatic hydroxyl groups is 8. The van der Waals surface area contributed by atoms with E-state index < -0.39 is 165 Å². The van der Waals surface area contributed by atoms with Gasteiger partial charge in [-0.3, -0.25) is 24.0 Å². The summed E-state index contributed by atoms with van der Waals surface area (Å²) in [5.41, 5.74) is 8.52. The van der Waals surface area contributed by atoms with Gasteiger partial charge in [-0.2, -0.15) is 0 Å². The van der Waals surface area contributed by atoms with Crippen LogP contribution in [0.3, 0.4) is 0 Å². The number of carbonyl (C=O) groups excluding carboxylic acids is 7. The van der Waals surface area contributed by atoms with E-state index in [9.17, 15) is 94.2 Å². The molecule has 6 aliphatic rings. The number of methoxy groups -OCH3 is 4. The zero-order valence-electron chi connectivity index (χ0n) is 66.1. The van der Waals surface area contributed by atoms with Gasteiger partial charge < -0.3 is 148 Å². The average Bonchev–Trinajstić information content (AvgIpc) is 1.61. The molecule has 4 saturated heterocycles. The number of aliphatic carboxylic acids is 2. The van der Waals surface area contributed by atoms with Crippen molar-refractivity contribution in [3.8, 4) is 34.5 Å². The molecule has 121 heavy (non-hydrogen) atoms. The van der Waals surface area contributed by atoms with Crippen LogP contribution in [0.1, 0.15) is 78.2 Å². The molecule has 44 nitrogen and oxygen atoms in total. The minimum atomic E-state index is -2.06. The Balaban J connectivity index is 0.893. The lowest BCUT2D eigenvalue weighted by atomic mass is 9.99. The molecule has 4 aromatic rings. The van der Waals surface area contributed by atoms with Gasteiger partial charge in [-0.15, -0.1) is 0 Å². The van der Waals surface area contributed by atoms with Crippen molar-refractivity contribution < 1.29 is 165 Å². The fourth-order valence-electron chi connectivity index (χ4n) is 13.9. The van der Waals surface area contributed by atoms with Gasteiger partial charge in [-0.25, -0.2) is 29.0 Å². The van der Waals surface area contributed by atoms with Gasteiger partial charge in [0.05, 0.1) is 119 Å². The third-order valence-electron chi connectivity index (χ3n) is 20.0. The Bertz CT molecular complexity index is 4230. The van der Waals surface area contributed by atoms with Crippen molar-refractivity contribution in [3.05, 3.63) is 129 Å². The standard InChI is InChI=1S/C77H96N10O34/c1-38-25-49-70(99)86(76(105)116-35-40-7-9-51(45(27-40)66(95)79-13-18-107-3)118-74-62(93)58(89)60(91)64(120-74)72(101)102)47-31-55(53(109-5)29-43(47)68(97)84(49)33-38)114-16-11-42(82-57(88)37-113-24-23-112-22-21-111-20-15-81-83-78)12-17-115-56-32-48-44(30-54(56)110-6)69(98)85-34-39(2)26-50(85)71(100)87(48)77(106)117-36-41-8-10-52(46(28-41)67(96)80-14-19-108-4)119-75-63(94)59(90)61(92)65(121-75)73(103)104/h7-10,27-32,42,49-50,58-65,70-71,74-75,89-94,99-100H,1-2,11-26,33-37H2,3-6H3,(H,79,95)(H,80,96)(H,82,88)(H,101,102)(H,103,104)/t42?,49-,50-,58-,59-,60-,61-,62+,63+,64-,65-,70?,71?,74+,75+/m0/s1. The Morgan fingerprint density at radius 1 is 0.537 bits per heavy atom. The monoisotopic (exact) mass is 1700 g/mol. The van der Waals surface area contributed by atoms with Crippen molar-refractivity contribution >= 4 is 65.0 Å². The number of anilines is 2. The topological polar surface area (TPSA) is 592 Å². The fourth-order valence-corrected chi connectivity index (χ4v) is 13.9. The van der Waals surface area contributed by atoms with Crippen LogP contribution in [0.5, 0.6) is 34.5 Å². The molecule has 4 aromatic carbocycles. The Labute approximate surface area is 689 Å². The lowest BCUT2D eigenvalue weighted by Gasteiger charge is -2.38. The molecule has 2 unspecified atom stereocenters. The number of carboxylic acids is 2. The van der Waals surface area contributed by atoms with Gasteiger partial charge in [0.15, 0.2) is 47.7 Å². The van der Waals surface area contributed by atoms with E-state index in [0.717, 1.165) is 9.80 Å². The van der Waals surface area contributed by atoms with Gasteiger partial charge in [0, 0.05) is 82.9 Å². The summed E-state index contributed by atoms with van der Waals surface area (Å²) in [6.07, 6.45) is -26.4. The third-order valence-corrected chi connectivity index (χ3v) is 20.0. The van der Waals surface area contributed by atoms with E-state index in [-0.39, 0.29) is 197 Å². The highest BCUT2D eigenvalue weighted by molar-refractivity contribution is 6.07. The number of hydrogen-bond donors (Lipinski definition) is 13. The maximum Gasteiger partial charge on any atom is 0.416 e. The van der Waals surface area contributed by atoms with Gasteiger partial charge in [0.1, 0.15) is 67.9 Å². The second kappa shape index (κ2) is 42.8. The molecule has 0 spiro atoms. The van der Waals surface area contributed by atoms with Gasteiger partial charge in [0.2, 0.25) is 18.5 Å². The first-order valence-corrected chi connectivity index (χ1v) is 38.0. The van der Waals surface area contributed by atoms with Crippen molar-refractivity contribution in [1.82, 2.24) is 25.8 Å². The molecule has 7 amide bonds. The molecule has 0 aliphatic carbocycles. The number of amides is 7. The minimum Gasteiger partial charge on any atom is -0.493 e. The molecule has 13 N–H and O–H groups in total. The lowest BCUT2D eigenvalue weighted by Crippen LogP contribution is -2.61. The van der Waals surface area contributed by atoms with Crippen molar-refractivity contribution in [2.45, 2.75) is 131 Å². The first kappa shape index (κ1) is 92.0. The predicted molar refractivity (Wildman–Crippen MR) is 410 cm³/mol. The van der Waals surface area contributed by atoms with E-state index in [1.54, 1.807) is 0 Å². The van der Waals surface area contributed by atoms with Crippen LogP contribution in [0, 0.1) is 0 Å². The van der Waals surface area contributed by atoms with E-state index in [0.29, 0.717) is 11.1 Å². The number of ether oxygens (including phenoxy) is 15. The summed E-state index contributed by atoms with van der Waals surface area (Å²) in [4.78, 5) is 131. The molecular weight excluding hydrogens is 1610 g/mol. The van der Waals surface area contributed by atoms with Crippen LogP contribution in [0.15, 0.2) is 90.1 Å². The first-order chi connectivity index (χ1) is 58.0. The number of azide groups is 1. The van der Waals surface area contributed by atoms with Crippen LogP contribution in [0.25, 0.3) is 10.4 Å². The summed E-state index contributed by atoms with van der Waals surface area (Å²) in [7, 11) is 5.33. The van der Waals surface area contributed by atoms with Gasteiger partial charge >= 0.3 is 24.1 Å². The smallest absolute Gasteiger partial charge is 0.416 e. The number of nitrogens with one attached hydrogen (secondary N) is 3. The minimum absolute atomic E-state index is 0.0139. The predicted octanol–water partition coefficient (Wildman–Crippen LogP) is -0.427. The molecule has 0 bridgehead atoms. The van der Waals surface area contributed by atoms with Crippen molar-refractivity contribution in [2.75, 3.05) is 137 Å². The van der Waals surface area contributed by atoms with Crippen molar-refractivity contribution in [1.29, 1.82) is 0 Å². The molecule has 10 rings (SSSR count). The molecule has 6 aliphatic heterocycles. The number of benzene rings is 4. The van der Waals surface area contributed by atoms with Crippen LogP contribution < -0.4 is 54.2 Å². The van der Waals surface area contributed by atoms with Crippen LogP contribution in [-0.2, 0) is 70.2 Å². The number of aliphatic hydroxyl groups excluding tert-OH is 8. The number of nitrogens with zero attached hydrogens (tertiary/aromatic N) is 7. The number of hydrogen-bond acceptors (Lipinski definition) is 33. The Kier molecular flexibility index (Phi) is 32.5. The number of fused-ring (bicyclic) bond motifs is 4. The van der Waals surface area contributed by atoms with Gasteiger partial charge in [-0.05, 0) is 65.9 Å². The fraction of sp³-hybridized carbons (Fsp3) is 0.519. The van der Waals surface area contributed by atoms with Crippen molar-refractivity contribution in [2.24, 2.45) is 5.11 Å². The Morgan fingerprint density at radius 2 is 0.959 bits per heavy atom. The van der Waals surface area contributed by atoms with E-state index >= 15 is 0 Å². The van der Waals surface area contributed by atoms with E-state index in [1.807, 2.05) is 0 Å². The molecule has 0 saturated carbocycles. The normalized spacial score (nSPS) is 23.8. The third kappa shape index (κ3) is 22.3. The zero-order chi connectivity index (χ0) is 87.5. The quantitative estimate of drug-likeness (QED) is 0.00884. The van der Waals surface area contributed by atoms with Gasteiger partial charge in [0.25, 0.3) is 23.6 Å². The molecule has 14 atom stereocenters. The molecule has 4 fully saturated rings. The summed E-state index contributed by atoms with van der Waals surface area (Å²) in [6.45, 7) is 6.42. The summed E-state index contributed by atoms with van der Waals surface area (Å²) in [5.74, 6) is -7.81. The zero-order valence-corrected chi connectivity index (χ0v) is 66.1.